The van der Waals surface area contributed by atoms with Crippen LogP contribution in [0, 0.1) is 0 Å². The summed E-state index contributed by atoms with van der Waals surface area (Å²) in [6.07, 6.45) is 2.03. The maximum absolute atomic E-state index is 13.3. The van der Waals surface area contributed by atoms with Gasteiger partial charge in [-0.05, 0) is 47.2 Å². The second-order valence-corrected chi connectivity index (χ2v) is 9.48. The minimum atomic E-state index is -0.768. The molecule has 2 aliphatic rings. The number of methoxy groups -OCH3 is 1. The predicted molar refractivity (Wildman–Crippen MR) is 137 cm³/mol. The number of ether oxygens (including phenoxy) is 1. The van der Waals surface area contributed by atoms with Crippen LogP contribution in [0.1, 0.15) is 29.5 Å². The first-order valence-corrected chi connectivity index (χ1v) is 12.5. The number of hydrogen-bond donors (Lipinski definition) is 0. The topological polar surface area (TPSA) is 49.9 Å². The highest BCUT2D eigenvalue weighted by Crippen LogP contribution is 2.51. The number of esters is 1. The number of piperazine rings is 1. The van der Waals surface area contributed by atoms with Gasteiger partial charge in [-0.1, -0.05) is 78.9 Å². The van der Waals surface area contributed by atoms with Gasteiger partial charge in [-0.2, -0.15) is 0 Å². The van der Waals surface area contributed by atoms with Crippen molar-refractivity contribution in [1.29, 1.82) is 0 Å². The van der Waals surface area contributed by atoms with Crippen molar-refractivity contribution in [3.8, 4) is 11.1 Å². The van der Waals surface area contributed by atoms with Crippen molar-refractivity contribution < 1.29 is 14.3 Å². The summed E-state index contributed by atoms with van der Waals surface area (Å²) >= 11 is 0. The van der Waals surface area contributed by atoms with Crippen molar-refractivity contribution in [3.05, 3.63) is 95.6 Å². The van der Waals surface area contributed by atoms with Gasteiger partial charge in [0.1, 0.15) is 5.41 Å². The molecular weight excluding hydrogens is 436 g/mol. The van der Waals surface area contributed by atoms with Gasteiger partial charge < -0.3 is 9.64 Å². The third kappa shape index (κ3) is 4.37. The summed E-state index contributed by atoms with van der Waals surface area (Å²) in [5.41, 5.74) is 4.63. The Morgan fingerprint density at radius 1 is 0.800 bits per heavy atom. The summed E-state index contributed by atoms with van der Waals surface area (Å²) in [6.45, 7) is 4.11. The van der Waals surface area contributed by atoms with Gasteiger partial charge in [0.05, 0.1) is 13.5 Å². The normalized spacial score (nSPS) is 16.4. The highest BCUT2D eigenvalue weighted by molar-refractivity contribution is 5.97. The van der Waals surface area contributed by atoms with E-state index in [9.17, 15) is 9.59 Å². The summed E-state index contributed by atoms with van der Waals surface area (Å²) in [5, 5.41) is 0. The lowest BCUT2D eigenvalue weighted by Crippen LogP contribution is -2.49. The van der Waals surface area contributed by atoms with Gasteiger partial charge in [0, 0.05) is 26.2 Å². The molecule has 0 aromatic heterocycles. The van der Waals surface area contributed by atoms with E-state index in [4.69, 9.17) is 4.74 Å². The molecule has 0 unspecified atom stereocenters. The number of nitrogens with zero attached hydrogens (tertiary/aromatic N) is 2. The third-order valence-corrected chi connectivity index (χ3v) is 7.55. The summed E-state index contributed by atoms with van der Waals surface area (Å²) in [7, 11) is 1.49. The minimum absolute atomic E-state index is 0.189. The van der Waals surface area contributed by atoms with Gasteiger partial charge in [0.25, 0.3) is 0 Å². The van der Waals surface area contributed by atoms with Crippen molar-refractivity contribution in [2.75, 3.05) is 39.8 Å². The average Bonchev–Trinajstić information content (AvgIpc) is 3.20. The van der Waals surface area contributed by atoms with Crippen molar-refractivity contribution in [1.82, 2.24) is 9.80 Å². The molecule has 1 heterocycles. The molecule has 1 aliphatic heterocycles. The number of hydrogen-bond acceptors (Lipinski definition) is 4. The van der Waals surface area contributed by atoms with E-state index in [1.807, 2.05) is 59.5 Å². The molecule has 3 aromatic carbocycles. The largest absolute Gasteiger partial charge is 0.468 e. The smallest absolute Gasteiger partial charge is 0.320 e. The lowest BCUT2D eigenvalue weighted by Gasteiger charge is -2.36. The van der Waals surface area contributed by atoms with Gasteiger partial charge in [0.15, 0.2) is 0 Å². The Morgan fingerprint density at radius 2 is 1.37 bits per heavy atom. The zero-order valence-electron chi connectivity index (χ0n) is 20.3. The molecule has 0 spiro atoms. The van der Waals surface area contributed by atoms with Crippen LogP contribution in [-0.4, -0.2) is 61.5 Å². The molecule has 5 nitrogen and oxygen atoms in total. The molecule has 0 N–H and O–H groups in total. The van der Waals surface area contributed by atoms with Crippen LogP contribution in [0.25, 0.3) is 11.1 Å². The summed E-state index contributed by atoms with van der Waals surface area (Å²) in [4.78, 5) is 30.4. The number of carbonyl (C=O) groups is 2. The molecule has 3 aromatic rings. The fraction of sp³-hybridized carbons (Fsp3) is 0.333. The minimum Gasteiger partial charge on any atom is -0.468 e. The Balaban J connectivity index is 1.23. The number of rotatable bonds is 7. The van der Waals surface area contributed by atoms with Crippen LogP contribution in [0.5, 0.6) is 0 Å². The fourth-order valence-electron chi connectivity index (χ4n) is 5.76. The van der Waals surface area contributed by atoms with Crippen molar-refractivity contribution in [2.45, 2.75) is 24.7 Å². The third-order valence-electron chi connectivity index (χ3n) is 7.55. The molecule has 0 atom stereocenters. The molecular formula is C30H32N2O3. The van der Waals surface area contributed by atoms with Gasteiger partial charge in [-0.3, -0.25) is 14.5 Å². The van der Waals surface area contributed by atoms with Crippen LogP contribution >= 0.6 is 0 Å². The van der Waals surface area contributed by atoms with E-state index in [1.54, 1.807) is 0 Å². The van der Waals surface area contributed by atoms with Crippen LogP contribution in [0.3, 0.4) is 0 Å². The lowest BCUT2D eigenvalue weighted by atomic mass is 9.74. The van der Waals surface area contributed by atoms with E-state index < -0.39 is 5.41 Å². The molecule has 1 fully saturated rings. The Kier molecular flexibility index (Phi) is 6.69. The van der Waals surface area contributed by atoms with Crippen LogP contribution in [0.4, 0.5) is 0 Å². The molecule has 5 heteroatoms. The van der Waals surface area contributed by atoms with E-state index in [0.717, 1.165) is 67.0 Å². The van der Waals surface area contributed by atoms with E-state index in [-0.39, 0.29) is 11.9 Å². The Labute approximate surface area is 207 Å². The first-order chi connectivity index (χ1) is 17.1. The molecule has 1 aliphatic carbocycles. The molecule has 1 saturated heterocycles. The Bertz CT molecular complexity index is 1150. The zero-order valence-corrected chi connectivity index (χ0v) is 20.3. The van der Waals surface area contributed by atoms with Gasteiger partial charge >= 0.3 is 5.97 Å². The van der Waals surface area contributed by atoms with Crippen LogP contribution in [-0.2, 0) is 26.2 Å². The maximum Gasteiger partial charge on any atom is 0.320 e. The highest BCUT2D eigenvalue weighted by atomic mass is 16.5. The Hall–Kier alpha value is -3.44. The average molecular weight is 469 g/mol. The summed E-state index contributed by atoms with van der Waals surface area (Å²) in [5.74, 6) is 0.00546. The van der Waals surface area contributed by atoms with E-state index >= 15 is 0 Å². The molecule has 1 amide bonds. The monoisotopic (exact) mass is 468 g/mol. The fourth-order valence-corrected chi connectivity index (χ4v) is 5.76. The summed E-state index contributed by atoms with van der Waals surface area (Å²) < 4.78 is 5.39. The van der Waals surface area contributed by atoms with Gasteiger partial charge in [-0.15, -0.1) is 0 Å². The summed E-state index contributed by atoms with van der Waals surface area (Å²) in [6, 6.07) is 26.4. The molecule has 180 valence electrons. The molecule has 0 saturated carbocycles. The molecule has 0 radical (unpaired) electrons. The van der Waals surface area contributed by atoms with Crippen molar-refractivity contribution >= 4 is 11.9 Å². The molecule has 35 heavy (non-hydrogen) atoms. The first kappa shape index (κ1) is 23.3. The SMILES string of the molecule is COC(=O)C1(CCCN2CCN(C(=O)Cc3ccccc3)CC2)c2ccccc2-c2ccccc21. The zero-order chi connectivity index (χ0) is 24.3. The highest BCUT2D eigenvalue weighted by Gasteiger charge is 2.49. The second-order valence-electron chi connectivity index (χ2n) is 9.48. The first-order valence-electron chi connectivity index (χ1n) is 12.5. The van der Waals surface area contributed by atoms with Crippen molar-refractivity contribution in [2.24, 2.45) is 0 Å². The standard InChI is InChI=1S/C30H32N2O3/c1-35-29(34)30(26-14-7-5-12-24(26)25-13-6-8-15-27(25)30)16-9-17-31-18-20-32(21-19-31)28(33)22-23-10-3-2-4-11-23/h2-8,10-15H,9,16-22H2,1H3. The quantitative estimate of drug-likeness (QED) is 0.486. The van der Waals surface area contributed by atoms with Crippen LogP contribution < -0.4 is 0 Å². The van der Waals surface area contributed by atoms with Gasteiger partial charge in [-0.25, -0.2) is 0 Å². The number of benzene rings is 3. The van der Waals surface area contributed by atoms with Gasteiger partial charge in [0.2, 0.25) is 5.91 Å². The van der Waals surface area contributed by atoms with Crippen LogP contribution in [0.15, 0.2) is 78.9 Å². The van der Waals surface area contributed by atoms with E-state index in [0.29, 0.717) is 12.8 Å². The Morgan fingerprint density at radius 3 is 1.97 bits per heavy atom. The van der Waals surface area contributed by atoms with Crippen LogP contribution in [0.2, 0.25) is 0 Å². The lowest BCUT2D eigenvalue weighted by molar-refractivity contribution is -0.146. The molecule has 5 rings (SSSR count). The second kappa shape index (κ2) is 10.0. The number of amides is 1. The van der Waals surface area contributed by atoms with Crippen molar-refractivity contribution in [3.63, 3.8) is 0 Å². The number of fused-ring (bicyclic) bond motifs is 3. The number of carbonyl (C=O) groups excluding carboxylic acids is 2. The van der Waals surface area contributed by atoms with E-state index in [2.05, 4.69) is 29.2 Å². The predicted octanol–water partition coefficient (Wildman–Crippen LogP) is 4.29. The van der Waals surface area contributed by atoms with E-state index in [1.165, 1.54) is 7.11 Å². The maximum atomic E-state index is 13.3. The molecule has 0 bridgehead atoms.